The summed E-state index contributed by atoms with van der Waals surface area (Å²) in [6.07, 6.45) is 3.63. The van der Waals surface area contributed by atoms with Crippen LogP contribution in [0.4, 0.5) is 15.9 Å². The molecule has 192 valence electrons. The van der Waals surface area contributed by atoms with Gasteiger partial charge in [-0.3, -0.25) is 0 Å². The molecule has 36 heavy (non-hydrogen) atoms. The zero-order chi connectivity index (χ0) is 25.4. The number of aliphatic hydroxyl groups excluding tert-OH is 1. The molecule has 8 heteroatoms. The number of nitrogens with zero attached hydrogens (tertiary/aromatic N) is 4. The van der Waals surface area contributed by atoms with Gasteiger partial charge in [0.15, 0.2) is 11.5 Å². The van der Waals surface area contributed by atoms with Gasteiger partial charge in [0.1, 0.15) is 11.6 Å². The molecule has 1 aliphatic carbocycles. The van der Waals surface area contributed by atoms with Crippen molar-refractivity contribution in [1.82, 2.24) is 9.97 Å². The quantitative estimate of drug-likeness (QED) is 0.434. The second kappa shape index (κ2) is 10.0. The first-order valence-electron chi connectivity index (χ1n) is 12.8. The van der Waals surface area contributed by atoms with Gasteiger partial charge in [0.05, 0.1) is 24.3 Å². The van der Waals surface area contributed by atoms with Crippen molar-refractivity contribution in [3.05, 3.63) is 52.3 Å². The molecule has 5 rings (SSSR count). The van der Waals surface area contributed by atoms with Gasteiger partial charge in [0, 0.05) is 43.3 Å². The molecule has 2 aromatic carbocycles. The summed E-state index contributed by atoms with van der Waals surface area (Å²) in [6, 6.07) is 10.1. The van der Waals surface area contributed by atoms with Crippen molar-refractivity contribution in [3.63, 3.8) is 0 Å². The summed E-state index contributed by atoms with van der Waals surface area (Å²) in [5.74, 6) is 2.32. The summed E-state index contributed by atoms with van der Waals surface area (Å²) < 4.78 is 21.2. The SMILES string of the molecule is COc1cccc(C)c1C1CCN(c2nc(C3(F)CCC3)nc3c(Cl)cc(N(C)CCO)cc23)CC1. The maximum atomic E-state index is 15.5. The van der Waals surface area contributed by atoms with Crippen LogP contribution in [0.1, 0.15) is 55.0 Å². The highest BCUT2D eigenvalue weighted by Gasteiger charge is 2.43. The Balaban J connectivity index is 1.53. The third-order valence-electron chi connectivity index (χ3n) is 7.85. The molecule has 1 aromatic heterocycles. The van der Waals surface area contributed by atoms with Crippen molar-refractivity contribution >= 4 is 34.0 Å². The molecule has 3 aromatic rings. The average molecular weight is 513 g/mol. The van der Waals surface area contributed by atoms with E-state index in [1.807, 2.05) is 36.2 Å². The van der Waals surface area contributed by atoms with Crippen molar-refractivity contribution in [2.75, 3.05) is 50.2 Å². The van der Waals surface area contributed by atoms with E-state index >= 15 is 4.39 Å². The van der Waals surface area contributed by atoms with Gasteiger partial charge in [-0.15, -0.1) is 0 Å². The molecule has 0 spiro atoms. The molecule has 1 saturated carbocycles. The van der Waals surface area contributed by atoms with E-state index in [9.17, 15) is 5.11 Å². The Hall–Kier alpha value is -2.64. The molecule has 6 nitrogen and oxygen atoms in total. The third kappa shape index (κ3) is 4.48. The van der Waals surface area contributed by atoms with E-state index in [1.54, 1.807) is 7.11 Å². The summed E-state index contributed by atoms with van der Waals surface area (Å²) in [4.78, 5) is 13.7. The molecule has 2 fully saturated rings. The molecule has 0 bridgehead atoms. The van der Waals surface area contributed by atoms with Crippen LogP contribution in [0.25, 0.3) is 10.9 Å². The van der Waals surface area contributed by atoms with Crippen LogP contribution in [0.5, 0.6) is 5.75 Å². The molecule has 0 atom stereocenters. The first-order chi connectivity index (χ1) is 17.3. The monoisotopic (exact) mass is 512 g/mol. The Morgan fingerprint density at radius 1 is 1.22 bits per heavy atom. The van der Waals surface area contributed by atoms with Gasteiger partial charge in [0.25, 0.3) is 0 Å². The smallest absolute Gasteiger partial charge is 0.170 e. The number of aryl methyl sites for hydroxylation is 1. The topological polar surface area (TPSA) is 61.7 Å². The van der Waals surface area contributed by atoms with Crippen LogP contribution in [-0.4, -0.2) is 55.5 Å². The van der Waals surface area contributed by atoms with Crippen LogP contribution in [-0.2, 0) is 5.67 Å². The summed E-state index contributed by atoms with van der Waals surface area (Å²) in [6.45, 7) is 4.24. The van der Waals surface area contributed by atoms with Gasteiger partial charge in [-0.2, -0.15) is 0 Å². The Kier molecular flexibility index (Phi) is 6.97. The van der Waals surface area contributed by atoms with Gasteiger partial charge in [-0.05, 0) is 68.7 Å². The minimum Gasteiger partial charge on any atom is -0.496 e. The Labute approximate surface area is 217 Å². The number of aromatic nitrogens is 2. The zero-order valence-corrected chi connectivity index (χ0v) is 22.0. The Morgan fingerprint density at radius 3 is 2.61 bits per heavy atom. The third-order valence-corrected chi connectivity index (χ3v) is 8.14. The van der Waals surface area contributed by atoms with Crippen LogP contribution >= 0.6 is 11.6 Å². The minimum absolute atomic E-state index is 0.0364. The summed E-state index contributed by atoms with van der Waals surface area (Å²) in [5.41, 5.74) is 2.50. The van der Waals surface area contributed by atoms with Crippen LogP contribution in [0, 0.1) is 6.92 Å². The number of aliphatic hydroxyl groups is 1. The number of hydrogen-bond donors (Lipinski definition) is 1. The van der Waals surface area contributed by atoms with Gasteiger partial charge >= 0.3 is 0 Å². The van der Waals surface area contributed by atoms with E-state index in [-0.39, 0.29) is 12.4 Å². The summed E-state index contributed by atoms with van der Waals surface area (Å²) in [7, 11) is 3.64. The number of rotatable bonds is 7. The highest BCUT2D eigenvalue weighted by Crippen LogP contribution is 2.46. The number of likely N-dealkylation sites (N-methyl/N-ethyl adjacent to an activating group) is 1. The molecule has 0 unspecified atom stereocenters. The Bertz CT molecular complexity index is 1260. The highest BCUT2D eigenvalue weighted by atomic mass is 35.5. The first kappa shape index (κ1) is 25.0. The molecule has 2 heterocycles. The number of benzene rings is 2. The van der Waals surface area contributed by atoms with Crippen molar-refractivity contribution in [1.29, 1.82) is 0 Å². The predicted molar refractivity (Wildman–Crippen MR) is 143 cm³/mol. The number of fused-ring (bicyclic) bond motifs is 1. The van der Waals surface area contributed by atoms with Crippen LogP contribution < -0.4 is 14.5 Å². The molecule has 1 saturated heterocycles. The van der Waals surface area contributed by atoms with Crippen LogP contribution in [0.2, 0.25) is 5.02 Å². The number of piperidine rings is 1. The second-order valence-electron chi connectivity index (χ2n) is 10.1. The van der Waals surface area contributed by atoms with E-state index in [0.29, 0.717) is 35.8 Å². The zero-order valence-electron chi connectivity index (χ0n) is 21.2. The van der Waals surface area contributed by atoms with E-state index in [0.717, 1.165) is 55.0 Å². The summed E-state index contributed by atoms with van der Waals surface area (Å²) >= 11 is 6.72. The number of hydrogen-bond acceptors (Lipinski definition) is 6. The normalized spacial score (nSPS) is 17.8. The molecule has 2 aliphatic rings. The molecular formula is C28H34ClFN4O2. The average Bonchev–Trinajstić information content (AvgIpc) is 2.87. The van der Waals surface area contributed by atoms with Crippen molar-refractivity contribution in [3.8, 4) is 5.75 Å². The number of ether oxygens (including phenoxy) is 1. The lowest BCUT2D eigenvalue weighted by atomic mass is 9.81. The van der Waals surface area contributed by atoms with E-state index in [4.69, 9.17) is 21.3 Å². The fraction of sp³-hybridized carbons (Fsp3) is 0.500. The maximum Gasteiger partial charge on any atom is 0.170 e. The molecule has 0 amide bonds. The van der Waals surface area contributed by atoms with E-state index in [1.165, 1.54) is 11.1 Å². The molecular weight excluding hydrogens is 479 g/mol. The Morgan fingerprint density at radius 2 is 1.97 bits per heavy atom. The lowest BCUT2D eigenvalue weighted by Crippen LogP contribution is -2.36. The standard InChI is InChI=1S/C28H34ClFN4O2/c1-18-6-4-7-23(36-3)24(18)19-8-12-34(13-9-19)26-21-16-20(33(2)14-15-35)17-22(29)25(21)31-27(32-26)28(30)10-5-11-28/h4,6-7,16-17,19,35H,5,8-15H2,1-3H3. The predicted octanol–water partition coefficient (Wildman–Crippen LogP) is 5.76. The van der Waals surface area contributed by atoms with Gasteiger partial charge in [0.2, 0.25) is 0 Å². The van der Waals surface area contributed by atoms with Crippen LogP contribution in [0.15, 0.2) is 30.3 Å². The second-order valence-corrected chi connectivity index (χ2v) is 10.5. The van der Waals surface area contributed by atoms with Crippen LogP contribution in [0.3, 0.4) is 0 Å². The maximum absolute atomic E-state index is 15.5. The fourth-order valence-electron chi connectivity index (χ4n) is 5.55. The van der Waals surface area contributed by atoms with Gasteiger partial charge in [-0.25, -0.2) is 14.4 Å². The number of halogens is 2. The molecule has 1 aliphatic heterocycles. The number of anilines is 2. The first-order valence-corrected chi connectivity index (χ1v) is 13.1. The van der Waals surface area contributed by atoms with Gasteiger partial charge in [-0.1, -0.05) is 23.7 Å². The van der Waals surface area contributed by atoms with Crippen molar-refractivity contribution < 1.29 is 14.2 Å². The van der Waals surface area contributed by atoms with E-state index < -0.39 is 5.67 Å². The molecule has 1 N–H and O–H groups in total. The van der Waals surface area contributed by atoms with E-state index in [2.05, 4.69) is 22.9 Å². The number of methoxy groups -OCH3 is 1. The fourth-order valence-corrected chi connectivity index (χ4v) is 5.80. The molecule has 0 radical (unpaired) electrons. The van der Waals surface area contributed by atoms with Crippen molar-refractivity contribution in [2.45, 2.75) is 50.6 Å². The highest BCUT2D eigenvalue weighted by molar-refractivity contribution is 6.35. The minimum atomic E-state index is -1.48. The number of alkyl halides is 1. The van der Waals surface area contributed by atoms with Crippen molar-refractivity contribution in [2.24, 2.45) is 0 Å². The largest absolute Gasteiger partial charge is 0.496 e. The summed E-state index contributed by atoms with van der Waals surface area (Å²) in [5, 5.41) is 10.7. The van der Waals surface area contributed by atoms with Gasteiger partial charge < -0.3 is 19.6 Å². The lowest BCUT2D eigenvalue weighted by molar-refractivity contribution is 0.0512. The lowest BCUT2D eigenvalue weighted by Gasteiger charge is -2.36.